The van der Waals surface area contributed by atoms with Gasteiger partial charge in [0.05, 0.1) is 11.4 Å². The number of rotatable bonds is 5. The minimum absolute atomic E-state index is 0.199. The summed E-state index contributed by atoms with van der Waals surface area (Å²) in [5.74, 6) is 0. The standard InChI is InChI=1S/C12H24N4/c1-10-8-11(16(5)15-10)9-13-6-7-14-12(2,3)4/h8,13-14H,6-7,9H2,1-5H3. The maximum atomic E-state index is 4.31. The first-order valence-corrected chi connectivity index (χ1v) is 5.84. The molecule has 0 radical (unpaired) electrons. The van der Waals surface area contributed by atoms with Gasteiger partial charge in [0.2, 0.25) is 0 Å². The van der Waals surface area contributed by atoms with E-state index >= 15 is 0 Å². The molecule has 1 rings (SSSR count). The minimum atomic E-state index is 0.199. The molecule has 4 heteroatoms. The number of nitrogens with zero attached hydrogens (tertiary/aromatic N) is 2. The summed E-state index contributed by atoms with van der Waals surface area (Å²) in [5, 5.41) is 11.2. The summed E-state index contributed by atoms with van der Waals surface area (Å²) in [5.41, 5.74) is 2.51. The second-order valence-electron chi connectivity index (χ2n) is 5.25. The van der Waals surface area contributed by atoms with Crippen molar-refractivity contribution in [1.82, 2.24) is 20.4 Å². The van der Waals surface area contributed by atoms with Gasteiger partial charge in [0.25, 0.3) is 0 Å². The van der Waals surface area contributed by atoms with Crippen LogP contribution in [0.4, 0.5) is 0 Å². The van der Waals surface area contributed by atoms with E-state index in [1.165, 1.54) is 5.69 Å². The molecule has 0 aliphatic carbocycles. The SMILES string of the molecule is Cc1cc(CNCCNC(C)(C)C)n(C)n1. The second-order valence-corrected chi connectivity index (χ2v) is 5.25. The van der Waals surface area contributed by atoms with Crippen molar-refractivity contribution in [3.63, 3.8) is 0 Å². The Bertz CT molecular complexity index is 322. The topological polar surface area (TPSA) is 41.9 Å². The molecular weight excluding hydrogens is 200 g/mol. The van der Waals surface area contributed by atoms with E-state index in [-0.39, 0.29) is 5.54 Å². The Hall–Kier alpha value is -0.870. The fraction of sp³-hybridized carbons (Fsp3) is 0.750. The van der Waals surface area contributed by atoms with E-state index in [9.17, 15) is 0 Å². The highest BCUT2D eigenvalue weighted by molar-refractivity contribution is 5.08. The van der Waals surface area contributed by atoms with Crippen molar-refractivity contribution < 1.29 is 0 Å². The normalized spacial score (nSPS) is 12.1. The summed E-state index contributed by atoms with van der Waals surface area (Å²) in [6.45, 7) is 11.4. The summed E-state index contributed by atoms with van der Waals surface area (Å²) in [7, 11) is 1.98. The Morgan fingerprint density at radius 3 is 2.50 bits per heavy atom. The molecule has 0 atom stereocenters. The Balaban J connectivity index is 2.19. The van der Waals surface area contributed by atoms with Crippen LogP contribution >= 0.6 is 0 Å². The van der Waals surface area contributed by atoms with E-state index in [1.807, 2.05) is 18.7 Å². The maximum absolute atomic E-state index is 4.31. The third-order valence-corrected chi connectivity index (χ3v) is 2.36. The van der Waals surface area contributed by atoms with E-state index in [0.29, 0.717) is 0 Å². The van der Waals surface area contributed by atoms with Gasteiger partial charge in [-0.05, 0) is 33.8 Å². The highest BCUT2D eigenvalue weighted by Crippen LogP contribution is 2.00. The zero-order valence-corrected chi connectivity index (χ0v) is 11.1. The lowest BCUT2D eigenvalue weighted by atomic mass is 10.1. The van der Waals surface area contributed by atoms with Gasteiger partial charge in [-0.15, -0.1) is 0 Å². The van der Waals surface area contributed by atoms with E-state index in [2.05, 4.69) is 42.6 Å². The number of nitrogens with one attached hydrogen (secondary N) is 2. The van der Waals surface area contributed by atoms with E-state index in [1.54, 1.807) is 0 Å². The van der Waals surface area contributed by atoms with E-state index in [0.717, 1.165) is 25.3 Å². The fourth-order valence-corrected chi connectivity index (χ4v) is 1.57. The molecule has 0 bridgehead atoms. The van der Waals surface area contributed by atoms with Crippen LogP contribution in [0.15, 0.2) is 6.07 Å². The molecule has 0 saturated carbocycles. The van der Waals surface area contributed by atoms with Gasteiger partial charge in [-0.2, -0.15) is 5.10 Å². The van der Waals surface area contributed by atoms with E-state index in [4.69, 9.17) is 0 Å². The lowest BCUT2D eigenvalue weighted by Gasteiger charge is -2.20. The molecule has 0 amide bonds. The molecule has 4 nitrogen and oxygen atoms in total. The summed E-state index contributed by atoms with van der Waals surface area (Å²) < 4.78 is 1.93. The van der Waals surface area contributed by atoms with Crippen molar-refractivity contribution in [2.45, 2.75) is 39.8 Å². The number of hydrogen-bond acceptors (Lipinski definition) is 3. The van der Waals surface area contributed by atoms with Gasteiger partial charge in [0, 0.05) is 32.2 Å². The van der Waals surface area contributed by atoms with Crippen molar-refractivity contribution >= 4 is 0 Å². The first kappa shape index (κ1) is 13.2. The molecule has 0 unspecified atom stereocenters. The van der Waals surface area contributed by atoms with Gasteiger partial charge >= 0.3 is 0 Å². The highest BCUT2D eigenvalue weighted by atomic mass is 15.3. The molecule has 0 saturated heterocycles. The third kappa shape index (κ3) is 4.77. The molecule has 0 fully saturated rings. The summed E-state index contributed by atoms with van der Waals surface area (Å²) in [6, 6.07) is 2.12. The van der Waals surface area contributed by atoms with Gasteiger partial charge in [0.15, 0.2) is 0 Å². The Morgan fingerprint density at radius 2 is 2.00 bits per heavy atom. The largest absolute Gasteiger partial charge is 0.311 e. The molecule has 0 aromatic carbocycles. The van der Waals surface area contributed by atoms with Gasteiger partial charge in [-0.1, -0.05) is 0 Å². The first-order valence-electron chi connectivity index (χ1n) is 5.84. The highest BCUT2D eigenvalue weighted by Gasteiger charge is 2.07. The zero-order chi connectivity index (χ0) is 12.2. The first-order chi connectivity index (χ1) is 7.38. The predicted molar refractivity (Wildman–Crippen MR) is 67.4 cm³/mol. The van der Waals surface area contributed by atoms with Crippen LogP contribution in [0.2, 0.25) is 0 Å². The molecule has 92 valence electrons. The number of aromatic nitrogens is 2. The predicted octanol–water partition coefficient (Wildman–Crippen LogP) is 1.21. The maximum Gasteiger partial charge on any atom is 0.0597 e. The van der Waals surface area contributed by atoms with Crippen LogP contribution in [0.5, 0.6) is 0 Å². The lowest BCUT2D eigenvalue weighted by Crippen LogP contribution is -2.40. The Labute approximate surface area is 98.4 Å². The summed E-state index contributed by atoms with van der Waals surface area (Å²) >= 11 is 0. The van der Waals surface area contributed by atoms with Crippen LogP contribution in [0, 0.1) is 6.92 Å². The van der Waals surface area contributed by atoms with E-state index < -0.39 is 0 Å². The average Bonchev–Trinajstić information content (AvgIpc) is 2.42. The van der Waals surface area contributed by atoms with Gasteiger partial charge in [0.1, 0.15) is 0 Å². The van der Waals surface area contributed by atoms with Crippen molar-refractivity contribution in [3.05, 3.63) is 17.5 Å². The summed E-state index contributed by atoms with van der Waals surface area (Å²) in [4.78, 5) is 0. The fourth-order valence-electron chi connectivity index (χ4n) is 1.57. The molecule has 1 aromatic heterocycles. The quantitative estimate of drug-likeness (QED) is 0.739. The number of hydrogen-bond donors (Lipinski definition) is 2. The van der Waals surface area contributed by atoms with Crippen molar-refractivity contribution in [1.29, 1.82) is 0 Å². The van der Waals surface area contributed by atoms with Gasteiger partial charge in [-0.25, -0.2) is 0 Å². The molecule has 16 heavy (non-hydrogen) atoms. The molecule has 1 heterocycles. The van der Waals surface area contributed by atoms with Crippen LogP contribution < -0.4 is 10.6 Å². The molecule has 2 N–H and O–H groups in total. The zero-order valence-electron chi connectivity index (χ0n) is 11.1. The van der Waals surface area contributed by atoms with Gasteiger partial charge in [-0.3, -0.25) is 4.68 Å². The Kier molecular flexibility index (Phi) is 4.50. The van der Waals surface area contributed by atoms with Crippen LogP contribution in [-0.2, 0) is 13.6 Å². The van der Waals surface area contributed by atoms with Crippen LogP contribution in [0.25, 0.3) is 0 Å². The molecule has 0 aliphatic heterocycles. The minimum Gasteiger partial charge on any atom is -0.311 e. The van der Waals surface area contributed by atoms with Crippen LogP contribution in [0.3, 0.4) is 0 Å². The third-order valence-electron chi connectivity index (χ3n) is 2.36. The van der Waals surface area contributed by atoms with Crippen molar-refractivity contribution in [3.8, 4) is 0 Å². The van der Waals surface area contributed by atoms with Crippen LogP contribution in [0.1, 0.15) is 32.2 Å². The molecule has 1 aromatic rings. The van der Waals surface area contributed by atoms with Gasteiger partial charge < -0.3 is 10.6 Å². The lowest BCUT2D eigenvalue weighted by molar-refractivity contribution is 0.420. The number of aryl methyl sites for hydroxylation is 2. The second kappa shape index (κ2) is 5.46. The van der Waals surface area contributed by atoms with Crippen molar-refractivity contribution in [2.75, 3.05) is 13.1 Å². The Morgan fingerprint density at radius 1 is 1.31 bits per heavy atom. The molecular formula is C12H24N4. The van der Waals surface area contributed by atoms with Crippen LogP contribution in [-0.4, -0.2) is 28.4 Å². The smallest absolute Gasteiger partial charge is 0.0597 e. The summed E-state index contributed by atoms with van der Waals surface area (Å²) in [6.07, 6.45) is 0. The molecule has 0 spiro atoms. The average molecular weight is 224 g/mol. The monoisotopic (exact) mass is 224 g/mol. The van der Waals surface area contributed by atoms with Crippen molar-refractivity contribution in [2.24, 2.45) is 7.05 Å². The molecule has 0 aliphatic rings.